The van der Waals surface area contributed by atoms with Gasteiger partial charge < -0.3 is 5.32 Å². The van der Waals surface area contributed by atoms with Gasteiger partial charge in [-0.1, -0.05) is 6.08 Å². The monoisotopic (exact) mass is 232 g/mol. The lowest BCUT2D eigenvalue weighted by atomic mass is 10.3. The zero-order chi connectivity index (χ0) is 11.7. The Morgan fingerprint density at radius 2 is 2.27 bits per heavy atom. The molecule has 0 aromatic heterocycles. The van der Waals surface area contributed by atoms with Crippen molar-refractivity contribution in [1.29, 1.82) is 0 Å². The van der Waals surface area contributed by atoms with Gasteiger partial charge in [0, 0.05) is 18.4 Å². The molecule has 0 spiro atoms. The molecule has 0 rings (SSSR count). The third-order valence-electron chi connectivity index (χ3n) is 1.58. The number of allylic oxidation sites excluding steroid dienone is 2. The smallest absolute Gasteiger partial charge is 0.264 e. The Balaban J connectivity index is 3.84. The van der Waals surface area contributed by atoms with Gasteiger partial charge in [0.2, 0.25) is 0 Å². The molecule has 0 aliphatic carbocycles. The van der Waals surface area contributed by atoms with Crippen LogP contribution in [-0.4, -0.2) is 32.0 Å². The number of hydrogen-bond acceptors (Lipinski definition) is 4. The second kappa shape index (κ2) is 7.19. The van der Waals surface area contributed by atoms with E-state index in [-0.39, 0.29) is 5.75 Å². The predicted molar refractivity (Wildman–Crippen MR) is 61.5 cm³/mol. The highest BCUT2D eigenvalue weighted by atomic mass is 32.2. The zero-order valence-electron chi connectivity index (χ0n) is 8.68. The van der Waals surface area contributed by atoms with Gasteiger partial charge in [-0.2, -0.15) is 8.42 Å². The lowest BCUT2D eigenvalue weighted by Gasteiger charge is -2.05. The summed E-state index contributed by atoms with van der Waals surface area (Å²) in [6.07, 6.45) is 5.44. The first-order valence-corrected chi connectivity index (χ1v) is 6.08. The minimum absolute atomic E-state index is 0.236. The lowest BCUT2D eigenvalue weighted by molar-refractivity contribution is 0.480. The molecule has 0 aromatic carbocycles. The van der Waals surface area contributed by atoms with Crippen LogP contribution in [0.4, 0.5) is 0 Å². The van der Waals surface area contributed by atoms with E-state index in [0.717, 1.165) is 5.70 Å². The molecule has 0 amide bonds. The van der Waals surface area contributed by atoms with Crippen LogP contribution in [0.2, 0.25) is 0 Å². The van der Waals surface area contributed by atoms with E-state index in [2.05, 4.69) is 17.0 Å². The van der Waals surface area contributed by atoms with E-state index >= 15 is 0 Å². The lowest BCUT2D eigenvalue weighted by Crippen LogP contribution is -2.16. The van der Waals surface area contributed by atoms with Crippen molar-refractivity contribution in [2.45, 2.75) is 13.3 Å². The fourth-order valence-corrected chi connectivity index (χ4v) is 1.39. The molecule has 0 aromatic rings. The van der Waals surface area contributed by atoms with E-state index in [4.69, 9.17) is 4.55 Å². The number of aliphatic imine (C=N–C) groups is 1. The van der Waals surface area contributed by atoms with Crippen molar-refractivity contribution in [2.24, 2.45) is 4.99 Å². The van der Waals surface area contributed by atoms with Gasteiger partial charge in [-0.25, -0.2) is 0 Å². The van der Waals surface area contributed by atoms with Crippen LogP contribution < -0.4 is 5.32 Å². The average molecular weight is 232 g/mol. The summed E-state index contributed by atoms with van der Waals surface area (Å²) in [5.74, 6) is -0.236. The van der Waals surface area contributed by atoms with Crippen LogP contribution in [0.15, 0.2) is 29.0 Å². The van der Waals surface area contributed by atoms with Gasteiger partial charge in [0.05, 0.1) is 5.75 Å². The fraction of sp³-hybridized carbons (Fsp3) is 0.444. The summed E-state index contributed by atoms with van der Waals surface area (Å²) >= 11 is 0. The average Bonchev–Trinajstić information content (AvgIpc) is 2.15. The van der Waals surface area contributed by atoms with E-state index in [1.165, 1.54) is 6.20 Å². The highest BCUT2D eigenvalue weighted by molar-refractivity contribution is 7.85. The summed E-state index contributed by atoms with van der Waals surface area (Å²) in [6.45, 7) is 5.61. The maximum absolute atomic E-state index is 10.4. The molecule has 15 heavy (non-hydrogen) atoms. The molecule has 0 unspecified atom stereocenters. The van der Waals surface area contributed by atoms with E-state index < -0.39 is 10.1 Å². The second-order valence-electron chi connectivity index (χ2n) is 2.81. The summed E-state index contributed by atoms with van der Waals surface area (Å²) < 4.78 is 29.3. The Kier molecular flexibility index (Phi) is 6.64. The molecule has 0 heterocycles. The largest absolute Gasteiger partial charge is 0.385 e. The standard InChI is InChI=1S/C9H16N2O3S/c1-3-9(5-7-10-2)11-6-4-8-15(12,13)14/h3,5,7,11H,2,4,6,8H2,1H3,(H,12,13,14)/b7-5-,9-3+. The van der Waals surface area contributed by atoms with Gasteiger partial charge in [0.1, 0.15) is 0 Å². The molecule has 0 radical (unpaired) electrons. The van der Waals surface area contributed by atoms with Crippen molar-refractivity contribution < 1.29 is 13.0 Å². The quantitative estimate of drug-likeness (QED) is 0.297. The molecule has 0 atom stereocenters. The topological polar surface area (TPSA) is 78.8 Å². The van der Waals surface area contributed by atoms with Crippen molar-refractivity contribution in [2.75, 3.05) is 12.3 Å². The molecule has 86 valence electrons. The molecular weight excluding hydrogens is 216 g/mol. The van der Waals surface area contributed by atoms with Crippen LogP contribution in [-0.2, 0) is 10.1 Å². The maximum Gasteiger partial charge on any atom is 0.264 e. The van der Waals surface area contributed by atoms with Crippen molar-refractivity contribution in [3.63, 3.8) is 0 Å². The maximum atomic E-state index is 10.4. The molecule has 6 heteroatoms. The van der Waals surface area contributed by atoms with Crippen molar-refractivity contribution in [1.82, 2.24) is 5.32 Å². The number of rotatable bonds is 7. The summed E-state index contributed by atoms with van der Waals surface area (Å²) in [6, 6.07) is 0. The molecule has 5 nitrogen and oxygen atoms in total. The SMILES string of the molecule is C=N/C=C\C(=C/C)NCCCS(=O)(=O)O. The fourth-order valence-electron chi connectivity index (χ4n) is 0.878. The minimum atomic E-state index is -3.85. The molecule has 0 fully saturated rings. The molecule has 0 aliphatic heterocycles. The Hall–Kier alpha value is -1.14. The third-order valence-corrected chi connectivity index (χ3v) is 2.38. The van der Waals surface area contributed by atoms with Crippen molar-refractivity contribution in [3.05, 3.63) is 24.0 Å². The number of nitrogens with zero attached hydrogens (tertiary/aromatic N) is 1. The Labute approximate surface area is 90.4 Å². The molecule has 0 saturated carbocycles. The molecule has 2 N–H and O–H groups in total. The van der Waals surface area contributed by atoms with Gasteiger partial charge in [-0.3, -0.25) is 9.55 Å². The van der Waals surface area contributed by atoms with Gasteiger partial charge >= 0.3 is 0 Å². The normalized spacial score (nSPS) is 13.1. The third kappa shape index (κ3) is 9.17. The molecule has 0 bridgehead atoms. The Morgan fingerprint density at radius 1 is 1.60 bits per heavy atom. The number of hydrogen-bond donors (Lipinski definition) is 2. The van der Waals surface area contributed by atoms with E-state index in [9.17, 15) is 8.42 Å². The van der Waals surface area contributed by atoms with Crippen LogP contribution >= 0.6 is 0 Å². The predicted octanol–water partition coefficient (Wildman–Crippen LogP) is 0.972. The van der Waals surface area contributed by atoms with Gasteiger partial charge in [-0.15, -0.1) is 0 Å². The summed E-state index contributed by atoms with van der Waals surface area (Å²) in [7, 11) is -3.85. The van der Waals surface area contributed by atoms with E-state index in [0.29, 0.717) is 13.0 Å². The first-order valence-electron chi connectivity index (χ1n) is 4.47. The van der Waals surface area contributed by atoms with Crippen molar-refractivity contribution >= 4 is 16.8 Å². The van der Waals surface area contributed by atoms with Gasteiger partial charge in [0.25, 0.3) is 10.1 Å². The van der Waals surface area contributed by atoms with Crippen LogP contribution in [0.3, 0.4) is 0 Å². The Morgan fingerprint density at radius 3 is 2.73 bits per heavy atom. The minimum Gasteiger partial charge on any atom is -0.385 e. The molecule has 0 saturated heterocycles. The first-order chi connectivity index (χ1) is 6.99. The van der Waals surface area contributed by atoms with E-state index in [1.54, 1.807) is 6.08 Å². The Bertz CT molecular complexity index is 344. The summed E-state index contributed by atoms with van der Waals surface area (Å²) in [5, 5.41) is 2.99. The molecule has 0 aliphatic rings. The van der Waals surface area contributed by atoms with Crippen LogP contribution in [0, 0.1) is 0 Å². The highest BCUT2D eigenvalue weighted by Crippen LogP contribution is 1.93. The van der Waals surface area contributed by atoms with E-state index in [1.807, 2.05) is 13.0 Å². The summed E-state index contributed by atoms with van der Waals surface area (Å²) in [5.41, 5.74) is 0.831. The zero-order valence-corrected chi connectivity index (χ0v) is 9.50. The molecular formula is C9H16N2O3S. The summed E-state index contributed by atoms with van der Waals surface area (Å²) in [4.78, 5) is 3.54. The second-order valence-corrected chi connectivity index (χ2v) is 4.38. The highest BCUT2D eigenvalue weighted by Gasteiger charge is 2.02. The number of nitrogens with one attached hydrogen (secondary N) is 1. The van der Waals surface area contributed by atoms with Gasteiger partial charge in [-0.05, 0) is 26.1 Å². The van der Waals surface area contributed by atoms with Crippen LogP contribution in [0.5, 0.6) is 0 Å². The first kappa shape index (κ1) is 13.9. The van der Waals surface area contributed by atoms with Crippen LogP contribution in [0.1, 0.15) is 13.3 Å². The van der Waals surface area contributed by atoms with Crippen LogP contribution in [0.25, 0.3) is 0 Å². The van der Waals surface area contributed by atoms with Gasteiger partial charge in [0.15, 0.2) is 0 Å². The van der Waals surface area contributed by atoms with Crippen molar-refractivity contribution in [3.8, 4) is 0 Å².